The molecule has 0 radical (unpaired) electrons. The Morgan fingerprint density at radius 2 is 1.71 bits per heavy atom. The second-order valence-electron chi connectivity index (χ2n) is 7.46. The third-order valence-electron chi connectivity index (χ3n) is 5.49. The highest BCUT2D eigenvalue weighted by atomic mass is 16.2. The molecule has 0 unspecified atom stereocenters. The summed E-state index contributed by atoms with van der Waals surface area (Å²) in [5.74, 6) is -0.202. The van der Waals surface area contributed by atoms with Crippen molar-refractivity contribution in [1.29, 1.82) is 0 Å². The zero-order valence-electron chi connectivity index (χ0n) is 17.2. The molecule has 3 aromatic rings. The van der Waals surface area contributed by atoms with Crippen LogP contribution in [0.15, 0.2) is 86.0 Å². The number of aromatic nitrogens is 2. The van der Waals surface area contributed by atoms with Gasteiger partial charge in [-0.05, 0) is 41.0 Å². The Kier molecular flexibility index (Phi) is 6.17. The van der Waals surface area contributed by atoms with E-state index in [2.05, 4.69) is 22.6 Å². The van der Waals surface area contributed by atoms with Crippen LogP contribution in [0.5, 0.6) is 0 Å². The normalized spacial score (nSPS) is 16.3. The van der Waals surface area contributed by atoms with Crippen LogP contribution in [-0.4, -0.2) is 57.3 Å². The van der Waals surface area contributed by atoms with Gasteiger partial charge in [0.2, 0.25) is 5.91 Å². The van der Waals surface area contributed by atoms with Crippen LogP contribution in [0.3, 0.4) is 0 Å². The molecule has 31 heavy (non-hydrogen) atoms. The van der Waals surface area contributed by atoms with Gasteiger partial charge >= 0.3 is 0 Å². The second kappa shape index (κ2) is 9.34. The van der Waals surface area contributed by atoms with Crippen LogP contribution in [0.1, 0.15) is 15.9 Å². The average Bonchev–Trinajstić information content (AvgIpc) is 2.83. The molecule has 156 valence electrons. The summed E-state index contributed by atoms with van der Waals surface area (Å²) in [5.41, 5.74) is 3.65. The summed E-state index contributed by atoms with van der Waals surface area (Å²) in [5, 5.41) is 0. The van der Waals surface area contributed by atoms with Crippen LogP contribution in [-0.2, 0) is 11.2 Å². The van der Waals surface area contributed by atoms with Crippen molar-refractivity contribution in [2.75, 3.05) is 19.6 Å². The van der Waals surface area contributed by atoms with E-state index in [0.29, 0.717) is 31.6 Å². The molecule has 1 aliphatic heterocycles. The Bertz CT molecular complexity index is 1070. The van der Waals surface area contributed by atoms with E-state index >= 15 is 0 Å². The van der Waals surface area contributed by atoms with E-state index in [1.807, 2.05) is 30.3 Å². The van der Waals surface area contributed by atoms with Crippen molar-refractivity contribution in [3.63, 3.8) is 0 Å². The number of rotatable bonds is 6. The minimum atomic E-state index is -0.568. The predicted molar refractivity (Wildman–Crippen MR) is 119 cm³/mol. The fraction of sp³-hybridized carbons (Fsp3) is 0.200. The van der Waals surface area contributed by atoms with E-state index < -0.39 is 6.04 Å². The Labute approximate surface area is 181 Å². The minimum Gasteiger partial charge on any atom is -0.335 e. The summed E-state index contributed by atoms with van der Waals surface area (Å²) in [6.45, 7) is 5.21. The molecule has 1 aliphatic rings. The van der Waals surface area contributed by atoms with Gasteiger partial charge in [0.15, 0.2) is 0 Å². The summed E-state index contributed by atoms with van der Waals surface area (Å²) in [7, 11) is 0. The number of amides is 2. The van der Waals surface area contributed by atoms with Crippen molar-refractivity contribution < 1.29 is 9.59 Å². The van der Waals surface area contributed by atoms with Crippen molar-refractivity contribution in [2.24, 2.45) is 0 Å². The molecule has 1 atom stereocenters. The smallest absolute Gasteiger partial charge is 0.254 e. The molecule has 0 aliphatic carbocycles. The van der Waals surface area contributed by atoms with E-state index in [9.17, 15) is 9.59 Å². The number of piperazine rings is 1. The molecule has 6 nitrogen and oxygen atoms in total. The molecular formula is C25H24N4O2. The third kappa shape index (κ3) is 4.53. The van der Waals surface area contributed by atoms with E-state index in [1.165, 1.54) is 0 Å². The summed E-state index contributed by atoms with van der Waals surface area (Å²) in [6, 6.07) is 14.8. The molecule has 0 saturated carbocycles. The lowest BCUT2D eigenvalue weighted by Crippen LogP contribution is -2.59. The Morgan fingerprint density at radius 3 is 2.42 bits per heavy atom. The Balaban J connectivity index is 1.63. The molecule has 1 fully saturated rings. The zero-order valence-corrected chi connectivity index (χ0v) is 17.2. The van der Waals surface area contributed by atoms with E-state index in [1.54, 1.807) is 52.8 Å². The minimum absolute atomic E-state index is 0.0529. The Morgan fingerprint density at radius 1 is 1.00 bits per heavy atom. The van der Waals surface area contributed by atoms with E-state index in [4.69, 9.17) is 0 Å². The van der Waals surface area contributed by atoms with Crippen LogP contribution >= 0.6 is 0 Å². The lowest BCUT2D eigenvalue weighted by molar-refractivity contribution is -0.139. The number of carbonyl (C=O) groups excluding carboxylic acids is 2. The number of hydrogen-bond acceptors (Lipinski definition) is 4. The fourth-order valence-electron chi connectivity index (χ4n) is 3.92. The van der Waals surface area contributed by atoms with Gasteiger partial charge in [-0.25, -0.2) is 0 Å². The maximum atomic E-state index is 13.3. The van der Waals surface area contributed by atoms with Gasteiger partial charge in [0, 0.05) is 56.4 Å². The standard InChI is InChI=1S/C25H24N4O2/c1-2-14-28-15-16-29(24(30)21-8-12-27-13-9-21)23(25(28)31)18-19-4-3-5-22(17-19)20-6-10-26-11-7-20/h2-13,17,23H,1,14-16,18H2/t23-/m1/s1. The summed E-state index contributed by atoms with van der Waals surface area (Å²) >= 11 is 0. The van der Waals surface area contributed by atoms with Crippen molar-refractivity contribution in [3.05, 3.63) is 97.1 Å². The molecule has 2 aromatic heterocycles. The lowest BCUT2D eigenvalue weighted by atomic mass is 9.97. The third-order valence-corrected chi connectivity index (χ3v) is 5.49. The number of hydrogen-bond donors (Lipinski definition) is 0. The van der Waals surface area contributed by atoms with Gasteiger partial charge in [-0.2, -0.15) is 0 Å². The van der Waals surface area contributed by atoms with Gasteiger partial charge in [-0.1, -0.05) is 30.3 Å². The largest absolute Gasteiger partial charge is 0.335 e. The first-order valence-electron chi connectivity index (χ1n) is 10.3. The first-order chi connectivity index (χ1) is 15.2. The SMILES string of the molecule is C=CCN1CCN(C(=O)c2ccncc2)[C@H](Cc2cccc(-c3ccncc3)c2)C1=O. The van der Waals surface area contributed by atoms with Crippen LogP contribution in [0.4, 0.5) is 0 Å². The molecular weight excluding hydrogens is 388 g/mol. The molecule has 3 heterocycles. The molecule has 0 spiro atoms. The van der Waals surface area contributed by atoms with Gasteiger partial charge in [-0.3, -0.25) is 19.6 Å². The highest BCUT2D eigenvalue weighted by Gasteiger charge is 2.37. The quantitative estimate of drug-likeness (QED) is 0.583. The number of benzene rings is 1. The number of pyridine rings is 2. The van der Waals surface area contributed by atoms with E-state index in [-0.39, 0.29) is 11.8 Å². The maximum Gasteiger partial charge on any atom is 0.254 e. The molecule has 6 heteroatoms. The van der Waals surface area contributed by atoms with E-state index in [0.717, 1.165) is 16.7 Å². The maximum absolute atomic E-state index is 13.3. The lowest BCUT2D eigenvalue weighted by Gasteiger charge is -2.40. The predicted octanol–water partition coefficient (Wildman–Crippen LogP) is 3.23. The van der Waals surface area contributed by atoms with Crippen molar-refractivity contribution in [2.45, 2.75) is 12.5 Å². The Hall–Kier alpha value is -3.80. The highest BCUT2D eigenvalue weighted by Crippen LogP contribution is 2.23. The first kappa shape index (κ1) is 20.5. The topological polar surface area (TPSA) is 66.4 Å². The van der Waals surface area contributed by atoms with Crippen molar-refractivity contribution >= 4 is 11.8 Å². The summed E-state index contributed by atoms with van der Waals surface area (Å²) in [6.07, 6.45) is 8.87. The summed E-state index contributed by atoms with van der Waals surface area (Å²) in [4.78, 5) is 38.0. The molecule has 0 N–H and O–H groups in total. The molecule has 1 saturated heterocycles. The van der Waals surface area contributed by atoms with Crippen LogP contribution in [0.2, 0.25) is 0 Å². The average molecular weight is 412 g/mol. The van der Waals surface area contributed by atoms with Gasteiger partial charge in [0.05, 0.1) is 0 Å². The zero-order chi connectivity index (χ0) is 21.6. The van der Waals surface area contributed by atoms with Crippen molar-refractivity contribution in [1.82, 2.24) is 19.8 Å². The van der Waals surface area contributed by atoms with Gasteiger partial charge in [0.1, 0.15) is 6.04 Å². The van der Waals surface area contributed by atoms with Crippen molar-refractivity contribution in [3.8, 4) is 11.1 Å². The first-order valence-corrected chi connectivity index (χ1v) is 10.3. The molecule has 4 rings (SSSR count). The number of nitrogens with zero attached hydrogens (tertiary/aromatic N) is 4. The highest BCUT2D eigenvalue weighted by molar-refractivity contribution is 5.98. The second-order valence-corrected chi connectivity index (χ2v) is 7.46. The number of carbonyl (C=O) groups is 2. The molecule has 0 bridgehead atoms. The fourth-order valence-corrected chi connectivity index (χ4v) is 3.92. The molecule has 1 aromatic carbocycles. The molecule has 2 amide bonds. The van der Waals surface area contributed by atoms with Gasteiger partial charge in [-0.15, -0.1) is 6.58 Å². The van der Waals surface area contributed by atoms with Gasteiger partial charge in [0.25, 0.3) is 5.91 Å². The van der Waals surface area contributed by atoms with Crippen LogP contribution in [0.25, 0.3) is 11.1 Å². The van der Waals surface area contributed by atoms with Crippen LogP contribution in [0, 0.1) is 0 Å². The summed E-state index contributed by atoms with van der Waals surface area (Å²) < 4.78 is 0. The van der Waals surface area contributed by atoms with Crippen LogP contribution < -0.4 is 0 Å². The monoisotopic (exact) mass is 412 g/mol. The van der Waals surface area contributed by atoms with Gasteiger partial charge < -0.3 is 9.80 Å².